The van der Waals surface area contributed by atoms with Crippen molar-refractivity contribution < 1.29 is 18.7 Å². The van der Waals surface area contributed by atoms with Crippen LogP contribution in [0.3, 0.4) is 0 Å². The maximum atomic E-state index is 14.1. The first kappa shape index (κ1) is 19.5. The Morgan fingerprint density at radius 1 is 1.11 bits per heavy atom. The second-order valence-corrected chi connectivity index (χ2v) is 6.71. The first-order valence-corrected chi connectivity index (χ1v) is 8.79. The molecule has 0 unspecified atom stereocenters. The predicted molar refractivity (Wildman–Crippen MR) is 102 cm³/mol. The maximum absolute atomic E-state index is 14.1. The molecule has 0 spiro atoms. The van der Waals surface area contributed by atoms with Crippen LogP contribution in [0.15, 0.2) is 42.5 Å². The summed E-state index contributed by atoms with van der Waals surface area (Å²) in [5, 5.41) is 0. The van der Waals surface area contributed by atoms with Crippen molar-refractivity contribution in [3.05, 3.63) is 59.4 Å². The molecule has 2 aromatic carbocycles. The molecule has 2 aliphatic heterocycles. The number of rotatable bonds is 3. The summed E-state index contributed by atoms with van der Waals surface area (Å²) in [6.07, 6.45) is 0.212. The van der Waals surface area contributed by atoms with E-state index >= 15 is 0 Å². The molecular formula is C20H22ClFN2O3. The van der Waals surface area contributed by atoms with E-state index in [0.29, 0.717) is 43.4 Å². The molecule has 0 radical (unpaired) electrons. The quantitative estimate of drug-likeness (QED) is 0.871. The number of carbonyl (C=O) groups excluding carboxylic acids is 1. The van der Waals surface area contributed by atoms with E-state index in [9.17, 15) is 9.18 Å². The lowest BCUT2D eigenvalue weighted by atomic mass is 9.94. The van der Waals surface area contributed by atoms with Crippen LogP contribution in [-0.2, 0) is 11.2 Å². The van der Waals surface area contributed by atoms with Crippen LogP contribution >= 0.6 is 12.4 Å². The molecule has 2 N–H and O–H groups in total. The summed E-state index contributed by atoms with van der Waals surface area (Å²) in [5.41, 5.74) is 7.58. The lowest BCUT2D eigenvalue weighted by molar-refractivity contribution is -0.129. The van der Waals surface area contributed by atoms with E-state index in [1.54, 1.807) is 23.1 Å². The highest BCUT2D eigenvalue weighted by Crippen LogP contribution is 2.35. The topological polar surface area (TPSA) is 64.8 Å². The Morgan fingerprint density at radius 2 is 1.89 bits per heavy atom. The van der Waals surface area contributed by atoms with Gasteiger partial charge in [0.05, 0.1) is 6.42 Å². The Kier molecular flexibility index (Phi) is 5.87. The van der Waals surface area contributed by atoms with Crippen molar-refractivity contribution in [1.29, 1.82) is 0 Å². The van der Waals surface area contributed by atoms with Crippen LogP contribution in [0.1, 0.15) is 17.0 Å². The second kappa shape index (κ2) is 8.15. The zero-order chi connectivity index (χ0) is 18.1. The first-order valence-electron chi connectivity index (χ1n) is 8.79. The summed E-state index contributed by atoms with van der Waals surface area (Å²) in [4.78, 5) is 14.5. The fourth-order valence-corrected chi connectivity index (χ4v) is 3.69. The second-order valence-electron chi connectivity index (χ2n) is 6.71. The van der Waals surface area contributed by atoms with Gasteiger partial charge in [0.15, 0.2) is 11.5 Å². The number of para-hydroxylation sites is 1. The average Bonchev–Trinajstić information content (AvgIpc) is 3.04. The summed E-state index contributed by atoms with van der Waals surface area (Å²) in [6, 6.07) is 11.9. The number of halogens is 2. The van der Waals surface area contributed by atoms with E-state index in [1.165, 1.54) is 6.07 Å². The van der Waals surface area contributed by atoms with Crippen LogP contribution in [0.25, 0.3) is 0 Å². The SMILES string of the molecule is Cl.N[C@@H]1CN(C(=O)Cc2cccc3c2OCCO3)C[C@H]1c1ccccc1F. The monoisotopic (exact) mass is 392 g/mol. The summed E-state index contributed by atoms with van der Waals surface area (Å²) >= 11 is 0. The Balaban J connectivity index is 0.00000210. The highest BCUT2D eigenvalue weighted by molar-refractivity contribution is 5.85. The number of hydrogen-bond acceptors (Lipinski definition) is 4. The highest BCUT2D eigenvalue weighted by Gasteiger charge is 2.35. The van der Waals surface area contributed by atoms with Crippen molar-refractivity contribution >= 4 is 18.3 Å². The number of benzene rings is 2. The first-order chi connectivity index (χ1) is 12.6. The standard InChI is InChI=1S/C20H21FN2O3.ClH/c21-16-6-2-1-5-14(16)15-11-23(12-17(15)22)19(24)10-13-4-3-7-18-20(13)26-9-8-25-18;/h1-7,15,17H,8-12,22H2;1H/t15-,17+;/m0./s1. The fraction of sp³-hybridized carbons (Fsp3) is 0.350. The van der Waals surface area contributed by atoms with E-state index in [0.717, 1.165) is 5.56 Å². The highest BCUT2D eigenvalue weighted by atomic mass is 35.5. The zero-order valence-corrected chi connectivity index (χ0v) is 15.6. The number of carbonyl (C=O) groups is 1. The van der Waals surface area contributed by atoms with Crippen molar-refractivity contribution in [2.75, 3.05) is 26.3 Å². The van der Waals surface area contributed by atoms with Gasteiger partial charge in [-0.3, -0.25) is 4.79 Å². The summed E-state index contributed by atoms with van der Waals surface area (Å²) < 4.78 is 25.3. The molecule has 2 aromatic rings. The molecule has 144 valence electrons. The number of amides is 1. The van der Waals surface area contributed by atoms with Crippen LogP contribution in [0.2, 0.25) is 0 Å². The molecular weight excluding hydrogens is 371 g/mol. The van der Waals surface area contributed by atoms with E-state index in [4.69, 9.17) is 15.2 Å². The molecule has 0 aliphatic carbocycles. The van der Waals surface area contributed by atoms with E-state index in [1.807, 2.05) is 18.2 Å². The van der Waals surface area contributed by atoms with Gasteiger partial charge in [0.2, 0.25) is 5.91 Å². The van der Waals surface area contributed by atoms with Crippen molar-refractivity contribution in [2.45, 2.75) is 18.4 Å². The van der Waals surface area contributed by atoms with Crippen molar-refractivity contribution in [1.82, 2.24) is 4.90 Å². The van der Waals surface area contributed by atoms with Crippen LogP contribution in [0, 0.1) is 5.82 Å². The molecule has 5 nitrogen and oxygen atoms in total. The average molecular weight is 393 g/mol. The van der Waals surface area contributed by atoms with Crippen LogP contribution in [0.5, 0.6) is 11.5 Å². The summed E-state index contributed by atoms with van der Waals surface area (Å²) in [7, 11) is 0. The smallest absolute Gasteiger partial charge is 0.227 e. The van der Waals surface area contributed by atoms with Gasteiger partial charge in [-0.25, -0.2) is 4.39 Å². The molecule has 27 heavy (non-hydrogen) atoms. The van der Waals surface area contributed by atoms with Gasteiger partial charge in [-0.1, -0.05) is 30.3 Å². The lowest BCUT2D eigenvalue weighted by Crippen LogP contribution is -2.33. The zero-order valence-electron chi connectivity index (χ0n) is 14.8. The van der Waals surface area contributed by atoms with Gasteiger partial charge in [0, 0.05) is 30.6 Å². The predicted octanol–water partition coefficient (Wildman–Crippen LogP) is 2.51. The van der Waals surface area contributed by atoms with Crippen LogP contribution in [0.4, 0.5) is 4.39 Å². The lowest BCUT2D eigenvalue weighted by Gasteiger charge is -2.22. The van der Waals surface area contributed by atoms with Crippen LogP contribution < -0.4 is 15.2 Å². The third-order valence-corrected chi connectivity index (χ3v) is 5.01. The minimum Gasteiger partial charge on any atom is -0.486 e. The third kappa shape index (κ3) is 3.87. The summed E-state index contributed by atoms with van der Waals surface area (Å²) in [5.74, 6) is 0.807. The summed E-state index contributed by atoms with van der Waals surface area (Å²) in [6.45, 7) is 1.83. The van der Waals surface area contributed by atoms with Gasteiger partial charge >= 0.3 is 0 Å². The molecule has 0 saturated carbocycles. The molecule has 0 bridgehead atoms. The Hall–Kier alpha value is -2.31. The molecule has 2 atom stereocenters. The Morgan fingerprint density at radius 3 is 2.70 bits per heavy atom. The molecule has 1 saturated heterocycles. The van der Waals surface area contributed by atoms with Crippen molar-refractivity contribution in [2.24, 2.45) is 5.73 Å². The normalized spacial score (nSPS) is 20.9. The minimum absolute atomic E-state index is 0. The molecule has 2 aliphatic rings. The number of nitrogens with zero attached hydrogens (tertiary/aromatic N) is 1. The fourth-order valence-electron chi connectivity index (χ4n) is 3.69. The van der Waals surface area contributed by atoms with Gasteiger partial charge in [-0.05, 0) is 17.7 Å². The number of nitrogens with two attached hydrogens (primary N) is 1. The number of likely N-dealkylation sites (tertiary alicyclic amines) is 1. The van der Waals surface area contributed by atoms with Gasteiger partial charge in [0.1, 0.15) is 19.0 Å². The van der Waals surface area contributed by atoms with Crippen molar-refractivity contribution in [3.8, 4) is 11.5 Å². The van der Waals surface area contributed by atoms with E-state index in [-0.39, 0.29) is 42.5 Å². The Bertz CT molecular complexity index is 833. The van der Waals surface area contributed by atoms with Gasteiger partial charge in [0.25, 0.3) is 0 Å². The number of hydrogen-bond donors (Lipinski definition) is 1. The number of fused-ring (bicyclic) bond motifs is 1. The molecule has 1 amide bonds. The largest absolute Gasteiger partial charge is 0.486 e. The molecule has 1 fully saturated rings. The molecule has 7 heteroatoms. The van der Waals surface area contributed by atoms with Gasteiger partial charge < -0.3 is 20.1 Å². The van der Waals surface area contributed by atoms with Gasteiger partial charge in [-0.2, -0.15) is 0 Å². The van der Waals surface area contributed by atoms with E-state index in [2.05, 4.69) is 0 Å². The number of ether oxygens (including phenoxy) is 2. The minimum atomic E-state index is -0.278. The maximum Gasteiger partial charge on any atom is 0.227 e. The van der Waals surface area contributed by atoms with Gasteiger partial charge in [-0.15, -0.1) is 12.4 Å². The van der Waals surface area contributed by atoms with E-state index < -0.39 is 0 Å². The molecule has 0 aromatic heterocycles. The van der Waals surface area contributed by atoms with Crippen LogP contribution in [-0.4, -0.2) is 43.2 Å². The third-order valence-electron chi connectivity index (χ3n) is 5.01. The molecule has 4 rings (SSSR count). The van der Waals surface area contributed by atoms with Crippen molar-refractivity contribution in [3.63, 3.8) is 0 Å². The molecule has 2 heterocycles. The Labute approximate surface area is 163 Å².